The Morgan fingerprint density at radius 2 is 1.84 bits per heavy atom. The Morgan fingerprint density at radius 3 is 2.39 bits per heavy atom. The maximum Gasteiger partial charge on any atom is 0.330 e. The molecule has 170 valence electrons. The second-order valence-corrected chi connectivity index (χ2v) is 9.04. The summed E-state index contributed by atoms with van der Waals surface area (Å²) in [4.78, 5) is 42.7. The van der Waals surface area contributed by atoms with Crippen LogP contribution in [0.4, 0.5) is 11.5 Å². The third-order valence-electron chi connectivity index (χ3n) is 4.80. The van der Waals surface area contributed by atoms with Crippen molar-refractivity contribution in [2.45, 2.75) is 46.1 Å². The fourth-order valence-electron chi connectivity index (χ4n) is 3.53. The first-order valence-electron chi connectivity index (χ1n) is 10.2. The van der Waals surface area contributed by atoms with Gasteiger partial charge in [-0.3, -0.25) is 19.1 Å². The van der Waals surface area contributed by atoms with Gasteiger partial charge in [-0.25, -0.2) is 4.79 Å². The SMILES string of the molecule is COCCN(C(=O)CSc1c(C)cc(C)cc1C)c1c(N)n(CC(C)C)c(=O)[nH]c1=O. The van der Waals surface area contributed by atoms with Crippen molar-refractivity contribution in [1.82, 2.24) is 9.55 Å². The van der Waals surface area contributed by atoms with Crippen LogP contribution in [-0.2, 0) is 16.1 Å². The van der Waals surface area contributed by atoms with Gasteiger partial charge >= 0.3 is 5.69 Å². The van der Waals surface area contributed by atoms with Crippen LogP contribution < -0.4 is 21.9 Å². The van der Waals surface area contributed by atoms with Gasteiger partial charge in [-0.1, -0.05) is 31.5 Å². The number of hydrogen-bond donors (Lipinski definition) is 2. The van der Waals surface area contributed by atoms with Gasteiger partial charge < -0.3 is 15.4 Å². The highest BCUT2D eigenvalue weighted by Gasteiger charge is 2.24. The molecule has 0 fully saturated rings. The molecule has 0 saturated carbocycles. The second-order valence-electron chi connectivity index (χ2n) is 8.05. The first kappa shape index (κ1) is 24.7. The molecule has 1 aromatic heterocycles. The summed E-state index contributed by atoms with van der Waals surface area (Å²) >= 11 is 1.42. The lowest BCUT2D eigenvalue weighted by atomic mass is 10.1. The van der Waals surface area contributed by atoms with E-state index in [4.69, 9.17) is 10.5 Å². The lowest BCUT2D eigenvalue weighted by Gasteiger charge is -2.25. The van der Waals surface area contributed by atoms with Crippen LogP contribution >= 0.6 is 11.8 Å². The number of ether oxygens (including phenoxy) is 1. The highest BCUT2D eigenvalue weighted by Crippen LogP contribution is 2.28. The fourth-order valence-corrected chi connectivity index (χ4v) is 4.53. The number of nitrogens with two attached hydrogens (primary N) is 1. The Balaban J connectivity index is 2.41. The highest BCUT2D eigenvalue weighted by molar-refractivity contribution is 8.00. The molecule has 0 saturated heterocycles. The van der Waals surface area contributed by atoms with Crippen LogP contribution in [0, 0.1) is 26.7 Å². The fraction of sp³-hybridized carbons (Fsp3) is 0.500. The third-order valence-corrected chi connectivity index (χ3v) is 6.12. The highest BCUT2D eigenvalue weighted by atomic mass is 32.2. The lowest BCUT2D eigenvalue weighted by molar-refractivity contribution is -0.116. The van der Waals surface area contributed by atoms with Crippen LogP contribution in [0.25, 0.3) is 0 Å². The van der Waals surface area contributed by atoms with E-state index in [1.165, 1.54) is 33.9 Å². The molecule has 0 aliphatic heterocycles. The van der Waals surface area contributed by atoms with Crippen molar-refractivity contribution in [3.05, 3.63) is 49.7 Å². The molecule has 2 aromatic rings. The molecule has 0 aliphatic carbocycles. The van der Waals surface area contributed by atoms with Crippen LogP contribution in [0.15, 0.2) is 26.6 Å². The maximum absolute atomic E-state index is 13.2. The molecular weight excluding hydrogens is 416 g/mol. The summed E-state index contributed by atoms with van der Waals surface area (Å²) < 4.78 is 6.44. The van der Waals surface area contributed by atoms with Crippen molar-refractivity contribution < 1.29 is 9.53 Å². The van der Waals surface area contributed by atoms with Crippen molar-refractivity contribution in [2.24, 2.45) is 5.92 Å². The lowest BCUT2D eigenvalue weighted by Crippen LogP contribution is -2.43. The average molecular weight is 449 g/mol. The summed E-state index contributed by atoms with van der Waals surface area (Å²) in [5.41, 5.74) is 8.30. The molecule has 0 atom stereocenters. The largest absolute Gasteiger partial charge is 0.383 e. The number of benzene rings is 1. The number of amides is 1. The average Bonchev–Trinajstić information content (AvgIpc) is 2.66. The summed E-state index contributed by atoms with van der Waals surface area (Å²) in [5, 5.41) is 0. The van der Waals surface area contributed by atoms with Crippen molar-refractivity contribution in [2.75, 3.05) is 36.6 Å². The molecule has 31 heavy (non-hydrogen) atoms. The molecular formula is C22H32N4O4S. The summed E-state index contributed by atoms with van der Waals surface area (Å²) in [6.07, 6.45) is 0. The minimum Gasteiger partial charge on any atom is -0.383 e. The van der Waals surface area contributed by atoms with Crippen LogP contribution in [0.2, 0.25) is 0 Å². The van der Waals surface area contributed by atoms with Crippen LogP contribution in [0.3, 0.4) is 0 Å². The van der Waals surface area contributed by atoms with Gasteiger partial charge in [-0.05, 0) is 37.8 Å². The van der Waals surface area contributed by atoms with Gasteiger partial charge in [0.15, 0.2) is 5.69 Å². The van der Waals surface area contributed by atoms with Crippen molar-refractivity contribution in [3.63, 3.8) is 0 Å². The van der Waals surface area contributed by atoms with Gasteiger partial charge in [-0.2, -0.15) is 0 Å². The quantitative estimate of drug-likeness (QED) is 0.570. The Bertz CT molecular complexity index is 1040. The molecule has 3 N–H and O–H groups in total. The number of aryl methyl sites for hydroxylation is 3. The molecule has 0 radical (unpaired) electrons. The van der Waals surface area contributed by atoms with E-state index in [2.05, 4.69) is 17.1 Å². The number of nitrogen functional groups attached to an aromatic ring is 1. The minimum absolute atomic E-state index is 0.0137. The number of nitrogens with zero attached hydrogens (tertiary/aromatic N) is 2. The normalized spacial score (nSPS) is 11.2. The Labute approximate surface area is 186 Å². The molecule has 1 amide bonds. The van der Waals surface area contributed by atoms with Crippen LogP contribution in [-0.4, -0.2) is 41.5 Å². The van der Waals surface area contributed by atoms with E-state index in [-0.39, 0.29) is 42.2 Å². The van der Waals surface area contributed by atoms with Gasteiger partial charge in [0.1, 0.15) is 5.82 Å². The summed E-state index contributed by atoms with van der Waals surface area (Å²) in [5.74, 6) is -0.0469. The number of hydrogen-bond acceptors (Lipinski definition) is 6. The molecule has 0 bridgehead atoms. The van der Waals surface area contributed by atoms with Gasteiger partial charge in [0, 0.05) is 25.1 Å². The van der Waals surface area contributed by atoms with E-state index >= 15 is 0 Å². The Hall–Kier alpha value is -2.52. The van der Waals surface area contributed by atoms with Gasteiger partial charge in [0.2, 0.25) is 5.91 Å². The number of carbonyl (C=O) groups excluding carboxylic acids is 1. The monoisotopic (exact) mass is 448 g/mol. The number of aromatic nitrogens is 2. The molecule has 0 unspecified atom stereocenters. The Morgan fingerprint density at radius 1 is 1.23 bits per heavy atom. The van der Waals surface area contributed by atoms with Gasteiger partial charge in [0.25, 0.3) is 5.56 Å². The first-order chi connectivity index (χ1) is 14.6. The third kappa shape index (κ3) is 6.01. The van der Waals surface area contributed by atoms with E-state index in [1.54, 1.807) is 0 Å². The molecule has 1 aromatic carbocycles. The van der Waals surface area contributed by atoms with Gasteiger partial charge in [-0.15, -0.1) is 11.8 Å². The van der Waals surface area contributed by atoms with Crippen molar-refractivity contribution >= 4 is 29.2 Å². The summed E-state index contributed by atoms with van der Waals surface area (Å²) in [6, 6.07) is 4.15. The topological polar surface area (TPSA) is 110 Å². The number of nitrogens with one attached hydrogen (secondary N) is 1. The second kappa shape index (κ2) is 10.7. The summed E-state index contributed by atoms with van der Waals surface area (Å²) in [7, 11) is 1.52. The maximum atomic E-state index is 13.2. The molecule has 9 heteroatoms. The predicted octanol–water partition coefficient (Wildman–Crippen LogP) is 2.47. The summed E-state index contributed by atoms with van der Waals surface area (Å²) in [6.45, 7) is 10.6. The first-order valence-corrected chi connectivity index (χ1v) is 11.2. The number of carbonyl (C=O) groups is 1. The standard InChI is InChI=1S/C22H32N4O4S/c1-13(2)11-26-20(23)18(21(28)24-22(26)29)25(7-8-30-6)17(27)12-31-19-15(4)9-14(3)10-16(19)5/h9-10,13H,7-8,11-12,23H2,1-6H3,(H,24,28,29). The number of anilines is 2. The number of rotatable bonds is 9. The van der Waals surface area contributed by atoms with Gasteiger partial charge in [0.05, 0.1) is 12.4 Å². The number of thioether (sulfide) groups is 1. The smallest absolute Gasteiger partial charge is 0.330 e. The number of H-pyrrole nitrogens is 1. The zero-order valence-corrected chi connectivity index (χ0v) is 19.9. The van der Waals surface area contributed by atoms with E-state index < -0.39 is 11.2 Å². The van der Waals surface area contributed by atoms with E-state index in [9.17, 15) is 14.4 Å². The number of methoxy groups -OCH3 is 1. The minimum atomic E-state index is -0.681. The van der Waals surface area contributed by atoms with Crippen LogP contribution in [0.5, 0.6) is 0 Å². The molecule has 1 heterocycles. The van der Waals surface area contributed by atoms with E-state index in [1.807, 2.05) is 34.6 Å². The molecule has 0 spiro atoms. The molecule has 2 rings (SSSR count). The molecule has 8 nitrogen and oxygen atoms in total. The zero-order chi connectivity index (χ0) is 23.3. The van der Waals surface area contributed by atoms with Crippen LogP contribution in [0.1, 0.15) is 30.5 Å². The molecule has 0 aliphatic rings. The van der Waals surface area contributed by atoms with Crippen molar-refractivity contribution in [1.29, 1.82) is 0 Å². The van der Waals surface area contributed by atoms with Crippen molar-refractivity contribution in [3.8, 4) is 0 Å². The number of aromatic amines is 1. The van der Waals surface area contributed by atoms with E-state index in [0.29, 0.717) is 6.54 Å². The predicted molar refractivity (Wildman–Crippen MR) is 126 cm³/mol. The Kier molecular flexibility index (Phi) is 8.52. The van der Waals surface area contributed by atoms with E-state index in [0.717, 1.165) is 16.0 Å². The zero-order valence-electron chi connectivity index (χ0n) is 19.1.